The third-order valence-electron chi connectivity index (χ3n) is 5.88. The lowest BCUT2D eigenvalue weighted by molar-refractivity contribution is 0.0373. The molecule has 196 valence electrons. The van der Waals surface area contributed by atoms with Crippen LogP contribution in [0.2, 0.25) is 0 Å². The summed E-state index contributed by atoms with van der Waals surface area (Å²) in [5, 5.41) is 12.4. The number of nitrogens with one attached hydrogen (secondary N) is 2. The van der Waals surface area contributed by atoms with Gasteiger partial charge in [-0.15, -0.1) is 0 Å². The van der Waals surface area contributed by atoms with Crippen molar-refractivity contribution in [1.29, 1.82) is 0 Å². The van der Waals surface area contributed by atoms with Gasteiger partial charge in [-0.2, -0.15) is 0 Å². The van der Waals surface area contributed by atoms with E-state index < -0.39 is 39.9 Å². The molecule has 0 saturated carbocycles. The van der Waals surface area contributed by atoms with Crippen LogP contribution in [0.4, 0.5) is 20.6 Å². The molecule has 0 fully saturated rings. The van der Waals surface area contributed by atoms with E-state index >= 15 is 0 Å². The molecule has 2 aromatic rings. The number of likely N-dealkylation sites (N-methyl/N-ethyl adjacent to an activating group) is 1. The fourth-order valence-corrected chi connectivity index (χ4v) is 4.41. The van der Waals surface area contributed by atoms with Crippen LogP contribution in [0.3, 0.4) is 0 Å². The Balaban J connectivity index is 1.93. The van der Waals surface area contributed by atoms with E-state index in [1.54, 1.807) is 14.0 Å². The molecule has 10 nitrogen and oxygen atoms in total. The fraction of sp³-hybridized carbons (Fsp3) is 0.417. The number of rotatable bonds is 7. The summed E-state index contributed by atoms with van der Waals surface area (Å²) < 4.78 is 45.7. The van der Waals surface area contributed by atoms with Gasteiger partial charge in [0.1, 0.15) is 11.9 Å². The molecule has 1 heterocycles. The van der Waals surface area contributed by atoms with Crippen molar-refractivity contribution in [3.05, 3.63) is 53.8 Å². The van der Waals surface area contributed by atoms with Crippen molar-refractivity contribution in [3.63, 3.8) is 0 Å². The molecule has 3 atom stereocenters. The lowest BCUT2D eigenvalue weighted by Gasteiger charge is -2.38. The van der Waals surface area contributed by atoms with Gasteiger partial charge in [0.25, 0.3) is 5.91 Å². The predicted molar refractivity (Wildman–Crippen MR) is 134 cm³/mol. The normalized spacial score (nSPS) is 18.8. The number of sulfonamides is 1. The number of nitrogens with zero attached hydrogens (tertiary/aromatic N) is 2. The quantitative estimate of drug-likeness (QED) is 0.513. The number of para-hydroxylation sites is 1. The van der Waals surface area contributed by atoms with Crippen molar-refractivity contribution in [2.75, 3.05) is 43.0 Å². The highest BCUT2D eigenvalue weighted by molar-refractivity contribution is 7.92. The van der Waals surface area contributed by atoms with E-state index in [0.29, 0.717) is 5.69 Å². The minimum absolute atomic E-state index is 0.0481. The van der Waals surface area contributed by atoms with Crippen LogP contribution in [0, 0.1) is 11.7 Å². The molecule has 3 rings (SSSR count). The number of aliphatic hydroxyl groups excluding tert-OH is 1. The average Bonchev–Trinajstić information content (AvgIpc) is 2.81. The molecule has 0 spiro atoms. The summed E-state index contributed by atoms with van der Waals surface area (Å²) in [6.45, 7) is 3.62. The van der Waals surface area contributed by atoms with Gasteiger partial charge in [0.15, 0.2) is 5.75 Å². The lowest BCUT2D eigenvalue weighted by atomic mass is 9.99. The Morgan fingerprint density at radius 1 is 1.28 bits per heavy atom. The second-order valence-corrected chi connectivity index (χ2v) is 10.7. The summed E-state index contributed by atoms with van der Waals surface area (Å²) in [7, 11) is -2.12. The maximum absolute atomic E-state index is 13.4. The topological polar surface area (TPSA) is 128 Å². The fourth-order valence-electron chi connectivity index (χ4n) is 3.85. The average molecular weight is 523 g/mol. The van der Waals surface area contributed by atoms with E-state index in [9.17, 15) is 27.5 Å². The monoisotopic (exact) mass is 522 g/mol. The van der Waals surface area contributed by atoms with E-state index in [1.165, 1.54) is 52.3 Å². The van der Waals surface area contributed by atoms with Crippen molar-refractivity contribution < 1.29 is 32.2 Å². The molecule has 0 unspecified atom stereocenters. The second-order valence-electron chi connectivity index (χ2n) is 9.00. The van der Waals surface area contributed by atoms with Crippen LogP contribution in [0.5, 0.6) is 5.75 Å². The molecule has 0 aromatic heterocycles. The maximum Gasteiger partial charge on any atom is 0.321 e. The van der Waals surface area contributed by atoms with Crippen LogP contribution in [-0.2, 0) is 10.0 Å². The molecule has 1 aliphatic heterocycles. The van der Waals surface area contributed by atoms with Crippen molar-refractivity contribution in [3.8, 4) is 5.75 Å². The van der Waals surface area contributed by atoms with Crippen LogP contribution in [0.15, 0.2) is 42.5 Å². The molecule has 12 heteroatoms. The van der Waals surface area contributed by atoms with E-state index in [2.05, 4.69) is 10.0 Å². The van der Waals surface area contributed by atoms with Crippen LogP contribution in [-0.4, -0.2) is 80.4 Å². The minimum Gasteiger partial charge on any atom is -0.485 e. The summed E-state index contributed by atoms with van der Waals surface area (Å²) in [4.78, 5) is 29.1. The molecule has 2 aromatic carbocycles. The summed E-state index contributed by atoms with van der Waals surface area (Å²) in [5.74, 6) is -1.08. The van der Waals surface area contributed by atoms with E-state index in [0.717, 1.165) is 6.26 Å². The molecular formula is C24H31FN4O6S. The number of fused-ring (bicyclic) bond motifs is 1. The smallest absolute Gasteiger partial charge is 0.321 e. The Morgan fingerprint density at radius 2 is 1.94 bits per heavy atom. The highest BCUT2D eigenvalue weighted by Gasteiger charge is 2.35. The van der Waals surface area contributed by atoms with Gasteiger partial charge in [-0.3, -0.25) is 9.52 Å². The van der Waals surface area contributed by atoms with Crippen LogP contribution in [0.25, 0.3) is 0 Å². The summed E-state index contributed by atoms with van der Waals surface area (Å²) >= 11 is 0. The SMILES string of the molecule is C[C@H]1CN([C@@H](C)CO)C(=O)c2cccc(NS(C)(=O)=O)c2O[C@@H]1CN(C)C(=O)Nc1ccc(F)cc1. The van der Waals surface area contributed by atoms with Gasteiger partial charge in [0, 0.05) is 25.2 Å². The number of ether oxygens (including phenoxy) is 1. The Kier molecular flexibility index (Phi) is 8.41. The van der Waals surface area contributed by atoms with Crippen molar-refractivity contribution in [2.24, 2.45) is 5.92 Å². The zero-order valence-corrected chi connectivity index (χ0v) is 21.4. The van der Waals surface area contributed by atoms with Gasteiger partial charge in [0.2, 0.25) is 10.0 Å². The van der Waals surface area contributed by atoms with E-state index in [1.807, 2.05) is 6.92 Å². The van der Waals surface area contributed by atoms with Crippen LogP contribution in [0.1, 0.15) is 24.2 Å². The Bertz CT molecular complexity index is 1210. The van der Waals surface area contributed by atoms with Gasteiger partial charge in [-0.05, 0) is 43.3 Å². The molecule has 0 bridgehead atoms. The number of anilines is 2. The maximum atomic E-state index is 13.4. The lowest BCUT2D eigenvalue weighted by Crippen LogP contribution is -2.50. The summed E-state index contributed by atoms with van der Waals surface area (Å²) in [5.41, 5.74) is 0.648. The molecular weight excluding hydrogens is 491 g/mol. The molecule has 36 heavy (non-hydrogen) atoms. The van der Waals surface area contributed by atoms with Gasteiger partial charge in [0.05, 0.1) is 36.7 Å². The molecule has 0 radical (unpaired) electrons. The number of aliphatic hydroxyl groups is 1. The zero-order chi connectivity index (χ0) is 26.6. The van der Waals surface area contributed by atoms with Crippen LogP contribution >= 0.6 is 0 Å². The number of halogens is 1. The number of carbonyl (C=O) groups is 2. The number of hydrogen-bond acceptors (Lipinski definition) is 6. The highest BCUT2D eigenvalue weighted by Crippen LogP contribution is 2.35. The Labute approximate surface area is 210 Å². The third kappa shape index (κ3) is 6.64. The molecule has 3 N–H and O–H groups in total. The first-order valence-corrected chi connectivity index (χ1v) is 13.3. The van der Waals surface area contributed by atoms with Gasteiger partial charge >= 0.3 is 6.03 Å². The second kappa shape index (κ2) is 11.1. The number of urea groups is 1. The van der Waals surface area contributed by atoms with Gasteiger partial charge in [-0.1, -0.05) is 13.0 Å². The Morgan fingerprint density at radius 3 is 2.56 bits per heavy atom. The number of hydrogen-bond donors (Lipinski definition) is 3. The molecule has 0 saturated heterocycles. The van der Waals surface area contributed by atoms with Gasteiger partial charge < -0.3 is 25.0 Å². The first-order chi connectivity index (χ1) is 16.9. The largest absolute Gasteiger partial charge is 0.485 e. The van der Waals surface area contributed by atoms with Gasteiger partial charge in [-0.25, -0.2) is 17.6 Å². The molecule has 1 aliphatic rings. The predicted octanol–water partition coefficient (Wildman–Crippen LogP) is 2.58. The number of amides is 3. The molecule has 3 amide bonds. The Hall–Kier alpha value is -3.38. The van der Waals surface area contributed by atoms with Crippen molar-refractivity contribution in [2.45, 2.75) is 26.0 Å². The molecule has 0 aliphatic carbocycles. The number of carbonyl (C=O) groups excluding carboxylic acids is 2. The van der Waals surface area contributed by atoms with Crippen molar-refractivity contribution in [1.82, 2.24) is 9.80 Å². The standard InChI is InChI=1S/C24H31FN4O6S/c1-15-12-29(16(2)14-30)23(31)19-6-5-7-20(27-36(4,33)34)22(19)35-21(15)13-28(3)24(32)26-18-10-8-17(25)9-11-18/h5-11,15-16,21,27,30H,12-14H2,1-4H3,(H,26,32)/t15-,16-,21+/m0/s1. The van der Waals surface area contributed by atoms with E-state index in [-0.39, 0.29) is 42.6 Å². The first kappa shape index (κ1) is 27.2. The highest BCUT2D eigenvalue weighted by atomic mass is 32.2. The van der Waals surface area contributed by atoms with E-state index in [4.69, 9.17) is 4.74 Å². The zero-order valence-electron chi connectivity index (χ0n) is 20.6. The third-order valence-corrected chi connectivity index (χ3v) is 6.47. The van der Waals surface area contributed by atoms with Crippen LogP contribution < -0.4 is 14.8 Å². The summed E-state index contributed by atoms with van der Waals surface area (Å²) in [6, 6.07) is 8.94. The van der Waals surface area contributed by atoms with Crippen molar-refractivity contribution >= 4 is 33.3 Å². The summed E-state index contributed by atoms with van der Waals surface area (Å²) in [6.07, 6.45) is 0.349. The number of benzene rings is 2. The first-order valence-electron chi connectivity index (χ1n) is 11.4. The minimum atomic E-state index is -3.68.